The van der Waals surface area contributed by atoms with Crippen molar-refractivity contribution in [3.63, 3.8) is 0 Å². The minimum absolute atomic E-state index is 0.00309. The van der Waals surface area contributed by atoms with Gasteiger partial charge in [-0.2, -0.15) is 13.2 Å². The molecule has 32 heavy (non-hydrogen) atoms. The van der Waals surface area contributed by atoms with E-state index >= 15 is 0 Å². The Hall–Kier alpha value is -1.69. The Kier molecular flexibility index (Phi) is 8.54. The Morgan fingerprint density at radius 1 is 1.12 bits per heavy atom. The predicted molar refractivity (Wildman–Crippen MR) is 112 cm³/mol. The van der Waals surface area contributed by atoms with Crippen LogP contribution in [0.5, 0.6) is 5.75 Å². The molecule has 1 saturated carbocycles. The largest absolute Gasteiger partial charge is 0.511 e. The maximum absolute atomic E-state index is 12.7. The molecule has 3 rings (SSSR count). The molecule has 1 aromatic carbocycles. The Labute approximate surface area is 186 Å². The highest BCUT2D eigenvalue weighted by atomic mass is 32.2. The predicted octanol–water partition coefficient (Wildman–Crippen LogP) is 2.87. The fourth-order valence-corrected chi connectivity index (χ4v) is 5.20. The highest BCUT2D eigenvalue weighted by molar-refractivity contribution is 7.90. The summed E-state index contributed by atoms with van der Waals surface area (Å²) in [6.45, 7) is 0.741. The van der Waals surface area contributed by atoms with E-state index in [0.29, 0.717) is 31.4 Å². The van der Waals surface area contributed by atoms with Crippen LogP contribution >= 0.6 is 0 Å². The van der Waals surface area contributed by atoms with E-state index in [-0.39, 0.29) is 25.2 Å². The van der Waals surface area contributed by atoms with Gasteiger partial charge in [0, 0.05) is 12.1 Å². The van der Waals surface area contributed by atoms with Gasteiger partial charge >= 0.3 is 15.5 Å². The average molecular weight is 479 g/mol. The van der Waals surface area contributed by atoms with Crippen molar-refractivity contribution in [2.45, 2.75) is 68.1 Å². The van der Waals surface area contributed by atoms with Crippen LogP contribution in [0.15, 0.2) is 24.3 Å². The van der Waals surface area contributed by atoms with Gasteiger partial charge in [-0.05, 0) is 62.6 Å². The van der Waals surface area contributed by atoms with Gasteiger partial charge in [-0.3, -0.25) is 4.79 Å². The van der Waals surface area contributed by atoms with E-state index in [1.807, 2.05) is 24.3 Å². The molecular weight excluding hydrogens is 449 g/mol. The summed E-state index contributed by atoms with van der Waals surface area (Å²) in [5.74, 6) is 0.979. The smallest absolute Gasteiger partial charge is 0.486 e. The monoisotopic (exact) mass is 478 g/mol. The normalized spacial score (nSPS) is 27.1. The summed E-state index contributed by atoms with van der Waals surface area (Å²) in [5, 5.41) is 3.08. The number of carbonyl (C=O) groups is 1. The number of halogens is 3. The third kappa shape index (κ3) is 6.43. The van der Waals surface area contributed by atoms with E-state index < -0.39 is 27.6 Å². The van der Waals surface area contributed by atoms with E-state index in [2.05, 4.69) is 5.32 Å². The molecule has 1 aromatic rings. The fraction of sp³-hybridized carbons (Fsp3) is 0.667. The summed E-state index contributed by atoms with van der Waals surface area (Å²) in [4.78, 5) is 10.6. The van der Waals surface area contributed by atoms with Crippen LogP contribution in [0, 0.1) is 0 Å². The molecule has 2 fully saturated rings. The van der Waals surface area contributed by atoms with E-state index in [9.17, 15) is 26.4 Å². The molecule has 0 aromatic heterocycles. The first-order valence-electron chi connectivity index (χ1n) is 10.8. The summed E-state index contributed by atoms with van der Waals surface area (Å²) in [5.41, 5.74) is -4.27. The molecule has 1 aliphatic carbocycles. The highest BCUT2D eigenvalue weighted by Crippen LogP contribution is 2.38. The van der Waals surface area contributed by atoms with Crippen LogP contribution in [-0.2, 0) is 19.6 Å². The lowest BCUT2D eigenvalue weighted by Gasteiger charge is -2.35. The third-order valence-electron chi connectivity index (χ3n) is 6.05. The molecule has 0 bridgehead atoms. The first-order chi connectivity index (χ1) is 15.2. The molecule has 1 heterocycles. The zero-order valence-electron chi connectivity index (χ0n) is 17.6. The first kappa shape index (κ1) is 24.9. The number of para-hydroxylation sites is 1. The standard InChI is InChI=1S/C21H29F3N2O5S/c22-21(23,24)32(28,29)26-18-5-3-11-25-19(18)14-31-16-9-7-15(8-10-16)17-4-1-2-6-20(17)30-13-12-27/h1-2,4,6,12,15-16,18-19,25-26H,3,5,7-11,13-14H2/t15-,16+,18-,19-/m0/s1. The van der Waals surface area contributed by atoms with Gasteiger partial charge in [-0.15, -0.1) is 0 Å². The van der Waals surface area contributed by atoms with Crippen molar-refractivity contribution in [3.05, 3.63) is 29.8 Å². The van der Waals surface area contributed by atoms with Crippen LogP contribution in [-0.4, -0.2) is 58.2 Å². The average Bonchev–Trinajstić information content (AvgIpc) is 2.77. The number of sulfonamides is 1. The second kappa shape index (κ2) is 11.0. The molecule has 1 aliphatic heterocycles. The number of nitrogens with one attached hydrogen (secondary N) is 2. The lowest BCUT2D eigenvalue weighted by molar-refractivity contribution is -0.109. The van der Waals surface area contributed by atoms with Gasteiger partial charge < -0.3 is 14.8 Å². The number of carbonyl (C=O) groups excluding carboxylic acids is 1. The van der Waals surface area contributed by atoms with E-state index in [0.717, 1.165) is 31.2 Å². The van der Waals surface area contributed by atoms with Crippen molar-refractivity contribution >= 4 is 16.3 Å². The van der Waals surface area contributed by atoms with Gasteiger partial charge in [-0.1, -0.05) is 18.2 Å². The van der Waals surface area contributed by atoms with E-state index in [1.54, 1.807) is 4.72 Å². The number of piperidine rings is 1. The highest BCUT2D eigenvalue weighted by Gasteiger charge is 2.47. The van der Waals surface area contributed by atoms with Gasteiger partial charge in [0.2, 0.25) is 0 Å². The molecule has 1 saturated heterocycles. The van der Waals surface area contributed by atoms with Crippen molar-refractivity contribution in [1.82, 2.24) is 10.0 Å². The summed E-state index contributed by atoms with van der Waals surface area (Å²) >= 11 is 0. The van der Waals surface area contributed by atoms with Gasteiger partial charge in [0.05, 0.1) is 12.7 Å². The maximum Gasteiger partial charge on any atom is 0.511 e. The third-order valence-corrected chi connectivity index (χ3v) is 7.27. The summed E-state index contributed by atoms with van der Waals surface area (Å²) in [6, 6.07) is 6.25. The second-order valence-corrected chi connectivity index (χ2v) is 9.90. The Bertz CT molecular complexity index is 857. The number of hydrogen-bond donors (Lipinski definition) is 2. The van der Waals surface area contributed by atoms with Crippen LogP contribution in [0.4, 0.5) is 13.2 Å². The van der Waals surface area contributed by atoms with Crippen LogP contribution in [0.3, 0.4) is 0 Å². The SMILES string of the molecule is O=CCOc1ccccc1[C@H]1CC[C@@H](OC[C@@H]2NCCC[C@@H]2NS(=O)(=O)C(F)(F)F)CC1. The van der Waals surface area contributed by atoms with Gasteiger partial charge in [0.1, 0.15) is 12.4 Å². The molecular formula is C21H29F3N2O5S. The molecule has 0 amide bonds. The minimum Gasteiger partial charge on any atom is -0.486 e. The molecule has 0 radical (unpaired) electrons. The lowest BCUT2D eigenvalue weighted by atomic mass is 9.82. The van der Waals surface area contributed by atoms with Crippen LogP contribution in [0.25, 0.3) is 0 Å². The molecule has 0 spiro atoms. The molecule has 0 unspecified atom stereocenters. The quantitative estimate of drug-likeness (QED) is 0.530. The molecule has 2 N–H and O–H groups in total. The van der Waals surface area contributed by atoms with Crippen molar-refractivity contribution in [3.8, 4) is 5.75 Å². The Morgan fingerprint density at radius 3 is 2.53 bits per heavy atom. The lowest BCUT2D eigenvalue weighted by Crippen LogP contribution is -2.57. The first-order valence-corrected chi connectivity index (χ1v) is 12.3. The number of benzene rings is 1. The van der Waals surface area contributed by atoms with Gasteiger partial charge in [-0.25, -0.2) is 13.1 Å². The molecule has 7 nitrogen and oxygen atoms in total. The zero-order chi connectivity index (χ0) is 23.2. The van der Waals surface area contributed by atoms with E-state index in [4.69, 9.17) is 9.47 Å². The van der Waals surface area contributed by atoms with Crippen LogP contribution in [0.1, 0.15) is 50.0 Å². The number of alkyl halides is 3. The maximum atomic E-state index is 12.7. The minimum atomic E-state index is -5.40. The molecule has 180 valence electrons. The molecule has 2 aliphatic rings. The molecule has 2 atom stereocenters. The second-order valence-electron chi connectivity index (χ2n) is 8.20. The van der Waals surface area contributed by atoms with Gasteiger partial charge in [0.25, 0.3) is 0 Å². The number of aldehydes is 1. The van der Waals surface area contributed by atoms with Crippen molar-refractivity contribution < 1.29 is 35.9 Å². The number of rotatable bonds is 9. The Balaban J connectivity index is 1.51. The summed E-state index contributed by atoms with van der Waals surface area (Å²) < 4.78 is 74.5. The van der Waals surface area contributed by atoms with Crippen molar-refractivity contribution in [2.75, 3.05) is 19.8 Å². The number of ether oxygens (including phenoxy) is 2. The van der Waals surface area contributed by atoms with Crippen LogP contribution in [0.2, 0.25) is 0 Å². The summed E-state index contributed by atoms with van der Waals surface area (Å²) in [6.07, 6.45) is 4.83. The summed E-state index contributed by atoms with van der Waals surface area (Å²) in [7, 11) is -5.40. The zero-order valence-corrected chi connectivity index (χ0v) is 18.5. The van der Waals surface area contributed by atoms with Crippen molar-refractivity contribution in [2.24, 2.45) is 0 Å². The molecule has 11 heteroatoms. The topological polar surface area (TPSA) is 93.7 Å². The number of hydrogen-bond acceptors (Lipinski definition) is 6. The van der Waals surface area contributed by atoms with Crippen molar-refractivity contribution in [1.29, 1.82) is 0 Å². The Morgan fingerprint density at radius 2 is 1.84 bits per heavy atom. The van der Waals surface area contributed by atoms with Gasteiger partial charge in [0.15, 0.2) is 6.29 Å². The van der Waals surface area contributed by atoms with E-state index in [1.165, 1.54) is 0 Å². The van der Waals surface area contributed by atoms with Crippen LogP contribution < -0.4 is 14.8 Å². The fourth-order valence-electron chi connectivity index (χ4n) is 4.39.